The van der Waals surface area contributed by atoms with Crippen LogP contribution in [0.5, 0.6) is 5.88 Å². The van der Waals surface area contributed by atoms with Gasteiger partial charge in [-0.1, -0.05) is 6.92 Å². The number of carbonyl (C=O) groups excluding carboxylic acids is 1. The Labute approximate surface area is 113 Å². The average Bonchev–Trinajstić information content (AvgIpc) is 2.77. The monoisotopic (exact) mass is 263 g/mol. The van der Waals surface area contributed by atoms with Gasteiger partial charge in [-0.05, 0) is 25.7 Å². The van der Waals surface area contributed by atoms with E-state index in [1.807, 2.05) is 16.5 Å². The van der Waals surface area contributed by atoms with Gasteiger partial charge >= 0.3 is 0 Å². The normalized spacial score (nSPS) is 20.0. The minimum absolute atomic E-state index is 0.0647. The summed E-state index contributed by atoms with van der Waals surface area (Å²) >= 11 is 0. The molecular formula is C14H21N3O2. The Bertz CT molecular complexity index is 487. The summed E-state index contributed by atoms with van der Waals surface area (Å²) in [5, 5.41) is 4.44. The second kappa shape index (κ2) is 4.87. The molecule has 1 fully saturated rings. The highest BCUT2D eigenvalue weighted by molar-refractivity contribution is 5.94. The summed E-state index contributed by atoms with van der Waals surface area (Å²) in [5.74, 6) is 1.57. The molecule has 0 unspecified atom stereocenters. The van der Waals surface area contributed by atoms with E-state index in [0.717, 1.165) is 62.9 Å². The van der Waals surface area contributed by atoms with Crippen molar-refractivity contribution in [2.24, 2.45) is 5.92 Å². The van der Waals surface area contributed by atoms with Gasteiger partial charge in [0.1, 0.15) is 0 Å². The van der Waals surface area contributed by atoms with E-state index in [9.17, 15) is 4.79 Å². The van der Waals surface area contributed by atoms with Crippen LogP contribution in [-0.2, 0) is 6.54 Å². The molecule has 19 heavy (non-hydrogen) atoms. The highest BCUT2D eigenvalue weighted by atomic mass is 16.5. The topological polar surface area (TPSA) is 47.4 Å². The summed E-state index contributed by atoms with van der Waals surface area (Å²) in [6.45, 7) is 7.45. The second-order valence-corrected chi connectivity index (χ2v) is 5.68. The maximum atomic E-state index is 12.5. The number of ether oxygens (including phenoxy) is 1. The van der Waals surface area contributed by atoms with Gasteiger partial charge in [0.05, 0.1) is 6.61 Å². The molecule has 3 rings (SSSR count). The van der Waals surface area contributed by atoms with Crippen molar-refractivity contribution < 1.29 is 9.53 Å². The minimum Gasteiger partial charge on any atom is -0.478 e. The summed E-state index contributed by atoms with van der Waals surface area (Å²) in [7, 11) is 0. The summed E-state index contributed by atoms with van der Waals surface area (Å²) in [6.07, 6.45) is 3.15. The van der Waals surface area contributed by atoms with Crippen LogP contribution in [-0.4, -0.2) is 40.3 Å². The average molecular weight is 263 g/mol. The fourth-order valence-corrected chi connectivity index (χ4v) is 2.82. The lowest BCUT2D eigenvalue weighted by Gasteiger charge is -2.29. The zero-order chi connectivity index (χ0) is 13.4. The van der Waals surface area contributed by atoms with Crippen molar-refractivity contribution in [2.45, 2.75) is 39.7 Å². The quantitative estimate of drug-likeness (QED) is 0.777. The van der Waals surface area contributed by atoms with E-state index in [2.05, 4.69) is 12.0 Å². The van der Waals surface area contributed by atoms with Crippen LogP contribution < -0.4 is 4.74 Å². The first-order valence-electron chi connectivity index (χ1n) is 7.16. The van der Waals surface area contributed by atoms with Crippen LogP contribution in [0.15, 0.2) is 0 Å². The van der Waals surface area contributed by atoms with Crippen LogP contribution in [0.1, 0.15) is 42.2 Å². The number of piperidine rings is 1. The molecule has 0 spiro atoms. The number of likely N-dealkylation sites (tertiary alicyclic amines) is 1. The van der Waals surface area contributed by atoms with Gasteiger partial charge in [0.25, 0.3) is 5.91 Å². The first-order chi connectivity index (χ1) is 9.16. The lowest BCUT2D eigenvalue weighted by molar-refractivity contribution is 0.0689. The number of amides is 1. The van der Waals surface area contributed by atoms with Crippen molar-refractivity contribution in [3.63, 3.8) is 0 Å². The number of nitrogens with zero attached hydrogens (tertiary/aromatic N) is 3. The van der Waals surface area contributed by atoms with Crippen LogP contribution in [0, 0.1) is 12.8 Å². The van der Waals surface area contributed by atoms with E-state index < -0.39 is 0 Å². The molecule has 0 saturated carbocycles. The Morgan fingerprint density at radius 3 is 2.74 bits per heavy atom. The largest absolute Gasteiger partial charge is 0.478 e. The number of carbonyl (C=O) groups is 1. The molecule has 1 amide bonds. The second-order valence-electron chi connectivity index (χ2n) is 5.68. The van der Waals surface area contributed by atoms with Crippen molar-refractivity contribution in [1.82, 2.24) is 14.7 Å². The smallest absolute Gasteiger partial charge is 0.274 e. The van der Waals surface area contributed by atoms with Gasteiger partial charge in [-0.3, -0.25) is 4.79 Å². The van der Waals surface area contributed by atoms with Crippen LogP contribution >= 0.6 is 0 Å². The first kappa shape index (κ1) is 12.5. The molecule has 5 heteroatoms. The van der Waals surface area contributed by atoms with E-state index in [0.29, 0.717) is 5.69 Å². The molecule has 1 aromatic heterocycles. The maximum Gasteiger partial charge on any atom is 0.274 e. The minimum atomic E-state index is 0.0647. The Morgan fingerprint density at radius 2 is 2.05 bits per heavy atom. The summed E-state index contributed by atoms with van der Waals surface area (Å²) < 4.78 is 7.45. The van der Waals surface area contributed by atoms with E-state index in [4.69, 9.17) is 4.74 Å². The number of aryl methyl sites for hydroxylation is 1. The predicted molar refractivity (Wildman–Crippen MR) is 71.4 cm³/mol. The van der Waals surface area contributed by atoms with Gasteiger partial charge < -0.3 is 9.64 Å². The Morgan fingerprint density at radius 1 is 1.32 bits per heavy atom. The van der Waals surface area contributed by atoms with Crippen LogP contribution in [0.3, 0.4) is 0 Å². The zero-order valence-electron chi connectivity index (χ0n) is 11.7. The Balaban J connectivity index is 1.82. The lowest BCUT2D eigenvalue weighted by atomic mass is 9.99. The standard InChI is InChI=1S/C14H21N3O2/c1-10-4-7-16(8-5-10)13(18)12-11(2)14-17(15-12)6-3-9-19-14/h10H,3-9H2,1-2H3. The lowest BCUT2D eigenvalue weighted by Crippen LogP contribution is -2.38. The summed E-state index contributed by atoms with van der Waals surface area (Å²) in [5.41, 5.74) is 1.47. The molecule has 0 radical (unpaired) electrons. The highest BCUT2D eigenvalue weighted by Gasteiger charge is 2.28. The van der Waals surface area contributed by atoms with E-state index in [1.54, 1.807) is 0 Å². The zero-order valence-corrected chi connectivity index (χ0v) is 11.7. The fourth-order valence-electron chi connectivity index (χ4n) is 2.82. The van der Waals surface area contributed by atoms with Gasteiger partial charge in [-0.2, -0.15) is 5.10 Å². The fraction of sp³-hybridized carbons (Fsp3) is 0.714. The van der Waals surface area contributed by atoms with Crippen molar-refractivity contribution in [1.29, 1.82) is 0 Å². The number of fused-ring (bicyclic) bond motifs is 1. The molecule has 104 valence electrons. The molecule has 1 aromatic rings. The number of rotatable bonds is 1. The SMILES string of the molecule is Cc1c(C(=O)N2CCC(C)CC2)nn2c1OCCC2. The molecule has 0 bridgehead atoms. The molecule has 3 heterocycles. The molecule has 2 aliphatic heterocycles. The van der Waals surface area contributed by atoms with Crippen LogP contribution in [0.4, 0.5) is 0 Å². The predicted octanol–water partition coefficient (Wildman–Crippen LogP) is 1.85. The molecule has 2 aliphatic rings. The first-order valence-corrected chi connectivity index (χ1v) is 7.16. The Kier molecular flexibility index (Phi) is 3.21. The van der Waals surface area contributed by atoms with E-state index in [-0.39, 0.29) is 5.91 Å². The van der Waals surface area contributed by atoms with Crippen molar-refractivity contribution >= 4 is 5.91 Å². The molecule has 1 saturated heterocycles. The van der Waals surface area contributed by atoms with Crippen LogP contribution in [0.25, 0.3) is 0 Å². The van der Waals surface area contributed by atoms with Crippen molar-refractivity contribution in [3.05, 3.63) is 11.3 Å². The van der Waals surface area contributed by atoms with Gasteiger partial charge in [0, 0.05) is 31.6 Å². The molecule has 5 nitrogen and oxygen atoms in total. The third-order valence-corrected chi connectivity index (χ3v) is 4.16. The number of hydrogen-bond acceptors (Lipinski definition) is 3. The molecular weight excluding hydrogens is 242 g/mol. The third-order valence-electron chi connectivity index (χ3n) is 4.16. The highest BCUT2D eigenvalue weighted by Crippen LogP contribution is 2.27. The van der Waals surface area contributed by atoms with Gasteiger partial charge in [-0.25, -0.2) is 4.68 Å². The number of hydrogen-bond donors (Lipinski definition) is 0. The van der Waals surface area contributed by atoms with Gasteiger partial charge in [0.2, 0.25) is 5.88 Å². The molecule has 0 N–H and O–H groups in total. The summed E-state index contributed by atoms with van der Waals surface area (Å²) in [6, 6.07) is 0. The van der Waals surface area contributed by atoms with Crippen molar-refractivity contribution in [3.8, 4) is 5.88 Å². The molecule has 0 aromatic carbocycles. The molecule has 0 atom stereocenters. The van der Waals surface area contributed by atoms with E-state index >= 15 is 0 Å². The Hall–Kier alpha value is -1.52. The van der Waals surface area contributed by atoms with Gasteiger partial charge in [0.15, 0.2) is 5.69 Å². The maximum absolute atomic E-state index is 12.5. The van der Waals surface area contributed by atoms with E-state index in [1.165, 1.54) is 0 Å². The van der Waals surface area contributed by atoms with Gasteiger partial charge in [-0.15, -0.1) is 0 Å². The van der Waals surface area contributed by atoms with Crippen LogP contribution in [0.2, 0.25) is 0 Å². The van der Waals surface area contributed by atoms with Crippen molar-refractivity contribution in [2.75, 3.05) is 19.7 Å². The number of aromatic nitrogens is 2. The third kappa shape index (κ3) is 2.22. The summed E-state index contributed by atoms with van der Waals surface area (Å²) in [4.78, 5) is 14.5. The molecule has 0 aliphatic carbocycles.